The quantitative estimate of drug-likeness (QED) is 0.408. The lowest BCUT2D eigenvalue weighted by Crippen LogP contribution is -1.87. The van der Waals surface area contributed by atoms with Crippen molar-refractivity contribution in [1.29, 1.82) is 0 Å². The Bertz CT molecular complexity index is 305. The first kappa shape index (κ1) is 7.70. The van der Waals surface area contributed by atoms with Gasteiger partial charge in [0.15, 0.2) is 0 Å². The summed E-state index contributed by atoms with van der Waals surface area (Å²) in [5.74, 6) is 0. The van der Waals surface area contributed by atoms with Gasteiger partial charge in [-0.2, -0.15) is 0 Å². The highest BCUT2D eigenvalue weighted by molar-refractivity contribution is 7.15. The van der Waals surface area contributed by atoms with E-state index >= 15 is 0 Å². The molecule has 1 fully saturated rings. The Morgan fingerprint density at radius 3 is 3.00 bits per heavy atom. The Kier molecular flexibility index (Phi) is 1.82. The third-order valence-electron chi connectivity index (χ3n) is 1.66. The molecule has 1 unspecified atom stereocenters. The minimum Gasteiger partial charge on any atom is -0.373 e. The molecule has 12 heavy (non-hydrogen) atoms. The van der Waals surface area contributed by atoms with Crippen LogP contribution in [0.2, 0.25) is 0 Å². The maximum Gasteiger partial charge on any atom is 0.324 e. The van der Waals surface area contributed by atoms with Crippen LogP contribution in [0.1, 0.15) is 4.88 Å². The molecule has 1 aromatic rings. The predicted octanol–water partition coefficient (Wildman–Crippen LogP) is 1.60. The van der Waals surface area contributed by atoms with Crippen LogP contribution in [0, 0.1) is 10.1 Å². The van der Waals surface area contributed by atoms with Gasteiger partial charge < -0.3 is 4.74 Å². The van der Waals surface area contributed by atoms with E-state index in [1.165, 1.54) is 11.3 Å². The first-order valence-electron chi connectivity index (χ1n) is 3.60. The third-order valence-corrected chi connectivity index (χ3v) is 2.72. The smallest absolute Gasteiger partial charge is 0.324 e. The van der Waals surface area contributed by atoms with Crippen LogP contribution < -0.4 is 0 Å². The van der Waals surface area contributed by atoms with Crippen molar-refractivity contribution in [3.05, 3.63) is 27.1 Å². The van der Waals surface area contributed by atoms with Crippen LogP contribution in [0.4, 0.5) is 5.00 Å². The fourth-order valence-electron chi connectivity index (χ4n) is 0.985. The molecule has 0 aromatic carbocycles. The van der Waals surface area contributed by atoms with Gasteiger partial charge in [0.25, 0.3) is 0 Å². The monoisotopic (exact) mass is 185 g/mol. The second-order valence-corrected chi connectivity index (χ2v) is 3.80. The Balaban J connectivity index is 2.06. The molecule has 1 aromatic heterocycles. The van der Waals surface area contributed by atoms with Gasteiger partial charge in [-0.05, 0) is 6.07 Å². The molecule has 5 heteroatoms. The van der Waals surface area contributed by atoms with E-state index in [-0.39, 0.29) is 9.92 Å². The zero-order valence-corrected chi connectivity index (χ0v) is 7.04. The largest absolute Gasteiger partial charge is 0.373 e. The normalized spacial score (nSPS) is 20.8. The van der Waals surface area contributed by atoms with Crippen LogP contribution in [0.25, 0.3) is 0 Å². The van der Waals surface area contributed by atoms with Crippen molar-refractivity contribution in [2.24, 2.45) is 0 Å². The van der Waals surface area contributed by atoms with Crippen molar-refractivity contribution >= 4 is 16.3 Å². The van der Waals surface area contributed by atoms with E-state index < -0.39 is 0 Å². The van der Waals surface area contributed by atoms with Crippen molar-refractivity contribution in [2.75, 3.05) is 6.61 Å². The lowest BCUT2D eigenvalue weighted by Gasteiger charge is -1.86. The van der Waals surface area contributed by atoms with Crippen LogP contribution in [0.5, 0.6) is 0 Å². The standard InChI is InChI=1S/C7H7NO3S/c9-8(10)7-2-1-6(12-7)3-5-4-11-5/h1-2,5H,3-4H2. The van der Waals surface area contributed by atoms with Crippen molar-refractivity contribution in [3.63, 3.8) is 0 Å². The third kappa shape index (κ3) is 1.62. The SMILES string of the molecule is O=[N+]([O-])c1ccc(CC2CO2)s1. The minimum atomic E-state index is -0.359. The molecule has 1 aliphatic rings. The van der Waals surface area contributed by atoms with Gasteiger partial charge >= 0.3 is 5.00 Å². The van der Waals surface area contributed by atoms with E-state index in [1.54, 1.807) is 12.1 Å². The number of ether oxygens (including phenoxy) is 1. The molecule has 0 radical (unpaired) electrons. The van der Waals surface area contributed by atoms with Crippen LogP contribution in [0.3, 0.4) is 0 Å². The number of thiophene rings is 1. The molecule has 1 aliphatic heterocycles. The molecule has 0 bridgehead atoms. The number of rotatable bonds is 3. The van der Waals surface area contributed by atoms with Crippen molar-refractivity contribution < 1.29 is 9.66 Å². The highest BCUT2D eigenvalue weighted by Gasteiger charge is 2.24. The van der Waals surface area contributed by atoms with E-state index in [0.717, 1.165) is 17.9 Å². The number of hydrogen-bond donors (Lipinski definition) is 0. The average molecular weight is 185 g/mol. The zero-order chi connectivity index (χ0) is 8.55. The van der Waals surface area contributed by atoms with Gasteiger partial charge in [-0.3, -0.25) is 10.1 Å². The van der Waals surface area contributed by atoms with Crippen molar-refractivity contribution in [1.82, 2.24) is 0 Å². The van der Waals surface area contributed by atoms with Gasteiger partial charge in [0.1, 0.15) is 0 Å². The summed E-state index contributed by atoms with van der Waals surface area (Å²) in [5, 5.41) is 10.5. The molecule has 0 N–H and O–H groups in total. The fraction of sp³-hybridized carbons (Fsp3) is 0.429. The van der Waals surface area contributed by atoms with E-state index in [0.29, 0.717) is 6.10 Å². The molecule has 0 aliphatic carbocycles. The van der Waals surface area contributed by atoms with Gasteiger partial charge in [0, 0.05) is 17.4 Å². The van der Waals surface area contributed by atoms with Crippen molar-refractivity contribution in [2.45, 2.75) is 12.5 Å². The first-order chi connectivity index (χ1) is 5.75. The van der Waals surface area contributed by atoms with E-state index in [9.17, 15) is 10.1 Å². The first-order valence-corrected chi connectivity index (χ1v) is 4.42. The number of epoxide rings is 1. The summed E-state index contributed by atoms with van der Waals surface area (Å²) in [6, 6.07) is 3.34. The summed E-state index contributed by atoms with van der Waals surface area (Å²) in [7, 11) is 0. The molecule has 0 spiro atoms. The zero-order valence-electron chi connectivity index (χ0n) is 6.23. The van der Waals surface area contributed by atoms with Gasteiger partial charge in [0.2, 0.25) is 0 Å². The highest BCUT2D eigenvalue weighted by atomic mass is 32.1. The fourth-order valence-corrected chi connectivity index (χ4v) is 1.87. The minimum absolute atomic E-state index is 0.214. The maximum absolute atomic E-state index is 10.3. The summed E-state index contributed by atoms with van der Waals surface area (Å²) in [6.45, 7) is 0.797. The van der Waals surface area contributed by atoms with Crippen LogP contribution in [-0.2, 0) is 11.2 Å². The van der Waals surface area contributed by atoms with Crippen LogP contribution >= 0.6 is 11.3 Å². The van der Waals surface area contributed by atoms with E-state index in [4.69, 9.17) is 4.74 Å². The Hall–Kier alpha value is -0.940. The second kappa shape index (κ2) is 2.84. The Morgan fingerprint density at radius 2 is 2.50 bits per heavy atom. The molecular weight excluding hydrogens is 178 g/mol. The number of nitrogens with zero attached hydrogens (tertiary/aromatic N) is 1. The maximum atomic E-state index is 10.3. The summed E-state index contributed by atoms with van der Waals surface area (Å²) in [6.07, 6.45) is 1.13. The molecule has 2 rings (SSSR count). The number of nitro groups is 1. The number of hydrogen-bond acceptors (Lipinski definition) is 4. The molecule has 64 valence electrons. The van der Waals surface area contributed by atoms with Gasteiger partial charge in [-0.25, -0.2) is 0 Å². The Labute approximate surface area is 72.9 Å². The molecule has 0 saturated carbocycles. The summed E-state index contributed by atoms with van der Waals surface area (Å²) >= 11 is 1.23. The highest BCUT2D eigenvalue weighted by Crippen LogP contribution is 2.27. The molecule has 4 nitrogen and oxygen atoms in total. The molecule has 1 atom stereocenters. The van der Waals surface area contributed by atoms with E-state index in [1.807, 2.05) is 0 Å². The van der Waals surface area contributed by atoms with Gasteiger partial charge in [-0.1, -0.05) is 11.3 Å². The molecule has 1 saturated heterocycles. The van der Waals surface area contributed by atoms with Gasteiger partial charge in [-0.15, -0.1) is 0 Å². The lowest BCUT2D eigenvalue weighted by molar-refractivity contribution is -0.380. The summed E-state index contributed by atoms with van der Waals surface area (Å²) in [4.78, 5) is 11.0. The molecular formula is C7H7NO3S. The topological polar surface area (TPSA) is 55.7 Å². The average Bonchev–Trinajstić information content (AvgIpc) is 2.66. The van der Waals surface area contributed by atoms with Gasteiger partial charge in [0.05, 0.1) is 17.6 Å². The Morgan fingerprint density at radius 1 is 1.75 bits per heavy atom. The molecule has 2 heterocycles. The van der Waals surface area contributed by atoms with Crippen LogP contribution in [-0.4, -0.2) is 17.6 Å². The summed E-state index contributed by atoms with van der Waals surface area (Å²) < 4.78 is 5.02. The van der Waals surface area contributed by atoms with Crippen LogP contribution in [0.15, 0.2) is 12.1 Å². The van der Waals surface area contributed by atoms with Crippen molar-refractivity contribution in [3.8, 4) is 0 Å². The predicted molar refractivity (Wildman–Crippen MR) is 44.4 cm³/mol. The van der Waals surface area contributed by atoms with E-state index in [2.05, 4.69) is 0 Å². The second-order valence-electron chi connectivity index (χ2n) is 2.66. The molecule has 0 amide bonds. The summed E-state index contributed by atoms with van der Waals surface area (Å²) in [5.41, 5.74) is 0. The lowest BCUT2D eigenvalue weighted by atomic mass is 10.3.